The number of fused-ring (bicyclic) bond motifs is 1. The third-order valence-corrected chi connectivity index (χ3v) is 6.13. The van der Waals surface area contributed by atoms with Gasteiger partial charge in [0.1, 0.15) is 6.61 Å². The molecule has 0 spiro atoms. The molecule has 12 heteroatoms. The Kier molecular flexibility index (Phi) is 10.7. The lowest BCUT2D eigenvalue weighted by Crippen LogP contribution is -2.22. The minimum atomic E-state index is -4.66. The van der Waals surface area contributed by atoms with E-state index >= 15 is 0 Å². The van der Waals surface area contributed by atoms with Gasteiger partial charge in [0.2, 0.25) is 0 Å². The number of carbonyl (C=O) groups excluding carboxylic acids is 1. The molecule has 1 aromatic carbocycles. The van der Waals surface area contributed by atoms with Gasteiger partial charge >= 0.3 is 17.8 Å². The second-order valence-electron chi connectivity index (χ2n) is 7.82. The zero-order chi connectivity index (χ0) is 27.5. The fourth-order valence-electron chi connectivity index (χ4n) is 3.43. The van der Waals surface area contributed by atoms with Crippen LogP contribution in [0, 0.1) is 0 Å². The predicted octanol–water partition coefficient (Wildman–Crippen LogP) is 4.14. The number of thioether (sulfide) groups is 1. The Hall–Kier alpha value is -3.35. The molecule has 0 aliphatic rings. The average Bonchev–Trinajstić information content (AvgIpc) is 2.88. The molecule has 0 radical (unpaired) electrons. The molecule has 3 rings (SSSR count). The Labute approximate surface area is 220 Å². The van der Waals surface area contributed by atoms with Crippen LogP contribution in [-0.4, -0.2) is 55.1 Å². The minimum Gasteiger partial charge on any atom is -0.460 e. The van der Waals surface area contributed by atoms with E-state index < -0.39 is 28.9 Å². The van der Waals surface area contributed by atoms with E-state index in [1.54, 1.807) is 11.8 Å². The number of halogens is 3. The van der Waals surface area contributed by atoms with Crippen molar-refractivity contribution in [2.24, 2.45) is 0 Å². The molecule has 2 aromatic heterocycles. The maximum Gasteiger partial charge on any atom is 0.417 e. The van der Waals surface area contributed by atoms with E-state index in [1.807, 2.05) is 0 Å². The molecule has 0 unspecified atom stereocenters. The number of aromatic nitrogens is 1. The van der Waals surface area contributed by atoms with E-state index in [0.29, 0.717) is 25.6 Å². The Bertz CT molecular complexity index is 1370. The van der Waals surface area contributed by atoms with Gasteiger partial charge in [-0.3, -0.25) is 4.79 Å². The van der Waals surface area contributed by atoms with Crippen molar-refractivity contribution in [3.8, 4) is 11.1 Å². The molecule has 0 aliphatic carbocycles. The molecule has 0 amide bonds. The summed E-state index contributed by atoms with van der Waals surface area (Å²) in [6.07, 6.45) is -2.22. The van der Waals surface area contributed by atoms with Crippen LogP contribution in [0.5, 0.6) is 0 Å². The molecule has 0 aliphatic heterocycles. The summed E-state index contributed by atoms with van der Waals surface area (Å²) in [6, 6.07) is 7.15. The van der Waals surface area contributed by atoms with Gasteiger partial charge in [-0.25, -0.2) is 9.59 Å². The van der Waals surface area contributed by atoms with Gasteiger partial charge < -0.3 is 23.2 Å². The topological polar surface area (TPSA) is 97.0 Å². The monoisotopic (exact) mass is 553 g/mol. The number of carbonyl (C=O) groups is 1. The van der Waals surface area contributed by atoms with Crippen molar-refractivity contribution in [2.45, 2.75) is 12.7 Å². The SMILES string of the molecule is C=CC(=O)OCCOCCSCCOCCn1cc2oc(=O)c(-c3ccccc3C(F)(F)F)cc2cc1=O. The molecular formula is C26H26F3NO7S. The van der Waals surface area contributed by atoms with Gasteiger partial charge in [-0.1, -0.05) is 24.8 Å². The molecule has 0 atom stereocenters. The van der Waals surface area contributed by atoms with Crippen LogP contribution >= 0.6 is 11.8 Å². The fraction of sp³-hybridized carbons (Fsp3) is 0.346. The molecule has 2 heterocycles. The lowest BCUT2D eigenvalue weighted by atomic mass is 10.00. The predicted molar refractivity (Wildman–Crippen MR) is 137 cm³/mol. The molecule has 38 heavy (non-hydrogen) atoms. The van der Waals surface area contributed by atoms with Gasteiger partial charge in [0, 0.05) is 41.1 Å². The maximum absolute atomic E-state index is 13.4. The first-order valence-corrected chi connectivity index (χ1v) is 12.7. The molecule has 0 saturated carbocycles. The van der Waals surface area contributed by atoms with E-state index in [9.17, 15) is 27.6 Å². The number of benzene rings is 1. The standard InChI is InChI=1S/C26H26F3NO7S/c1-2-24(32)36-10-9-35-12-14-38-13-11-34-8-7-30-17-22-18(16-23(30)31)15-20(25(33)37-22)19-5-3-4-6-21(19)26(27,28)29/h2-6,15-17H,1,7-14H2. The first kappa shape index (κ1) is 29.2. The van der Waals surface area contributed by atoms with E-state index in [2.05, 4.69) is 6.58 Å². The second-order valence-corrected chi connectivity index (χ2v) is 9.05. The highest BCUT2D eigenvalue weighted by molar-refractivity contribution is 7.99. The summed E-state index contributed by atoms with van der Waals surface area (Å²) in [5.74, 6) is 0.950. The molecule has 8 nitrogen and oxygen atoms in total. The molecule has 0 N–H and O–H groups in total. The largest absolute Gasteiger partial charge is 0.460 e. The zero-order valence-corrected chi connectivity index (χ0v) is 21.1. The van der Waals surface area contributed by atoms with Crippen molar-refractivity contribution in [3.63, 3.8) is 0 Å². The summed E-state index contributed by atoms with van der Waals surface area (Å²) in [7, 11) is 0. The highest BCUT2D eigenvalue weighted by Crippen LogP contribution is 2.36. The van der Waals surface area contributed by atoms with E-state index in [1.165, 1.54) is 41.1 Å². The van der Waals surface area contributed by atoms with E-state index in [-0.39, 0.29) is 41.9 Å². The van der Waals surface area contributed by atoms with Crippen LogP contribution in [0.3, 0.4) is 0 Å². The van der Waals surface area contributed by atoms with Crippen LogP contribution < -0.4 is 11.2 Å². The summed E-state index contributed by atoms with van der Waals surface area (Å²) in [4.78, 5) is 35.9. The molecular weight excluding hydrogens is 527 g/mol. The summed E-state index contributed by atoms with van der Waals surface area (Å²) >= 11 is 1.61. The van der Waals surface area contributed by atoms with Gasteiger partial charge in [0.25, 0.3) is 5.56 Å². The van der Waals surface area contributed by atoms with Crippen LogP contribution in [0.25, 0.3) is 22.1 Å². The molecule has 0 fully saturated rings. The normalized spacial score (nSPS) is 11.6. The summed E-state index contributed by atoms with van der Waals surface area (Å²) in [5, 5.41) is 0.219. The number of pyridine rings is 1. The lowest BCUT2D eigenvalue weighted by Gasteiger charge is -2.12. The van der Waals surface area contributed by atoms with Crippen molar-refractivity contribution < 1.29 is 36.6 Å². The maximum atomic E-state index is 13.4. The van der Waals surface area contributed by atoms with Gasteiger partial charge in [-0.05, 0) is 12.1 Å². The first-order valence-electron chi connectivity index (χ1n) is 11.6. The van der Waals surface area contributed by atoms with Gasteiger partial charge in [-0.2, -0.15) is 24.9 Å². The number of hydrogen-bond acceptors (Lipinski definition) is 8. The number of rotatable bonds is 14. The molecule has 0 bridgehead atoms. The minimum absolute atomic E-state index is 0.0812. The van der Waals surface area contributed by atoms with Gasteiger partial charge in [0.15, 0.2) is 5.58 Å². The van der Waals surface area contributed by atoms with Crippen molar-refractivity contribution >= 4 is 28.7 Å². The van der Waals surface area contributed by atoms with Crippen molar-refractivity contribution in [1.82, 2.24) is 4.57 Å². The van der Waals surface area contributed by atoms with E-state index in [0.717, 1.165) is 17.9 Å². The number of alkyl halides is 3. The first-order chi connectivity index (χ1) is 18.2. The van der Waals surface area contributed by atoms with Crippen molar-refractivity contribution in [1.29, 1.82) is 0 Å². The summed E-state index contributed by atoms with van der Waals surface area (Å²) < 4.78 is 62.4. The quantitative estimate of drug-likeness (QED) is 0.167. The van der Waals surface area contributed by atoms with Crippen LogP contribution in [0.4, 0.5) is 13.2 Å². The van der Waals surface area contributed by atoms with Crippen molar-refractivity contribution in [2.75, 3.05) is 44.5 Å². The molecule has 204 valence electrons. The molecule has 0 saturated heterocycles. The number of hydrogen-bond donors (Lipinski definition) is 0. The van der Waals surface area contributed by atoms with Gasteiger partial charge in [0.05, 0.1) is 43.8 Å². The Morgan fingerprint density at radius 2 is 1.71 bits per heavy atom. The van der Waals surface area contributed by atoms with Crippen LogP contribution in [0.1, 0.15) is 5.56 Å². The number of ether oxygens (including phenoxy) is 3. The summed E-state index contributed by atoms with van der Waals surface area (Å²) in [5.41, 5.74) is -2.81. The second kappa shape index (κ2) is 14.0. The number of nitrogens with zero attached hydrogens (tertiary/aromatic N) is 1. The van der Waals surface area contributed by atoms with Crippen LogP contribution in [0.2, 0.25) is 0 Å². The Morgan fingerprint density at radius 1 is 1.00 bits per heavy atom. The Balaban J connectivity index is 1.49. The van der Waals surface area contributed by atoms with Crippen LogP contribution in [-0.2, 0) is 31.7 Å². The Morgan fingerprint density at radius 3 is 2.42 bits per heavy atom. The van der Waals surface area contributed by atoms with Gasteiger partial charge in [-0.15, -0.1) is 0 Å². The van der Waals surface area contributed by atoms with E-state index in [4.69, 9.17) is 18.6 Å². The summed E-state index contributed by atoms with van der Waals surface area (Å²) in [6.45, 7) is 5.15. The molecule has 3 aromatic rings. The highest BCUT2D eigenvalue weighted by Gasteiger charge is 2.34. The third kappa shape index (κ3) is 8.33. The van der Waals surface area contributed by atoms with Crippen LogP contribution in [0.15, 0.2) is 69.3 Å². The zero-order valence-electron chi connectivity index (χ0n) is 20.3. The fourth-order valence-corrected chi connectivity index (χ4v) is 4.10. The highest BCUT2D eigenvalue weighted by atomic mass is 32.2. The lowest BCUT2D eigenvalue weighted by molar-refractivity contribution is -0.139. The number of esters is 1. The third-order valence-electron chi connectivity index (χ3n) is 5.22. The average molecular weight is 554 g/mol. The smallest absolute Gasteiger partial charge is 0.417 e. The van der Waals surface area contributed by atoms with Crippen molar-refractivity contribution in [3.05, 3.63) is 81.6 Å².